The Kier molecular flexibility index (Phi) is 5.38. The third-order valence-corrected chi connectivity index (χ3v) is 4.70. The van der Waals surface area contributed by atoms with Crippen molar-refractivity contribution in [3.8, 4) is 0 Å². The second-order valence-corrected chi connectivity index (χ2v) is 7.03. The van der Waals surface area contributed by atoms with Crippen molar-refractivity contribution >= 4 is 17.6 Å². The molecule has 0 atom stereocenters. The van der Waals surface area contributed by atoms with E-state index in [9.17, 15) is 9.59 Å². The van der Waals surface area contributed by atoms with E-state index in [-0.39, 0.29) is 11.9 Å². The fourth-order valence-electron chi connectivity index (χ4n) is 3.13. The lowest BCUT2D eigenvalue weighted by Gasteiger charge is -2.18. The van der Waals surface area contributed by atoms with Crippen molar-refractivity contribution in [3.05, 3.63) is 29.8 Å². The predicted molar refractivity (Wildman–Crippen MR) is 94.6 cm³/mol. The minimum absolute atomic E-state index is 0.0251. The molecule has 0 saturated heterocycles. The van der Waals surface area contributed by atoms with Crippen LogP contribution in [0.15, 0.2) is 24.3 Å². The van der Waals surface area contributed by atoms with Gasteiger partial charge in [0.15, 0.2) is 0 Å². The van der Waals surface area contributed by atoms with Crippen LogP contribution in [-0.4, -0.2) is 18.0 Å². The number of carbonyl (C=O) groups excluding carboxylic acids is 2. The summed E-state index contributed by atoms with van der Waals surface area (Å²) in [6.45, 7) is 2.44. The lowest BCUT2D eigenvalue weighted by atomic mass is 10.1. The maximum atomic E-state index is 12.1. The van der Waals surface area contributed by atoms with Gasteiger partial charge in [-0.2, -0.15) is 0 Å². The van der Waals surface area contributed by atoms with Crippen LogP contribution in [0.3, 0.4) is 0 Å². The third kappa shape index (κ3) is 4.98. The van der Waals surface area contributed by atoms with Crippen molar-refractivity contribution in [3.63, 3.8) is 0 Å². The first kappa shape index (κ1) is 16.8. The van der Waals surface area contributed by atoms with E-state index < -0.39 is 0 Å². The second kappa shape index (κ2) is 7.69. The maximum absolute atomic E-state index is 12.1. The molecule has 0 unspecified atom stereocenters. The highest BCUT2D eigenvalue weighted by molar-refractivity contribution is 5.90. The van der Waals surface area contributed by atoms with E-state index >= 15 is 0 Å². The Hall–Kier alpha value is -2.04. The van der Waals surface area contributed by atoms with E-state index in [1.54, 1.807) is 0 Å². The zero-order chi connectivity index (χ0) is 16.9. The average Bonchev–Trinajstić information content (AvgIpc) is 3.45. The van der Waals surface area contributed by atoms with E-state index in [2.05, 4.69) is 16.0 Å². The molecule has 3 amide bonds. The van der Waals surface area contributed by atoms with Crippen molar-refractivity contribution < 1.29 is 9.59 Å². The largest absolute Gasteiger partial charge is 0.335 e. The Morgan fingerprint density at radius 3 is 2.50 bits per heavy atom. The number of nitrogens with one attached hydrogen (secondary N) is 3. The summed E-state index contributed by atoms with van der Waals surface area (Å²) in [6, 6.07) is 7.91. The molecule has 1 aromatic rings. The first-order chi connectivity index (χ1) is 11.7. The lowest BCUT2D eigenvalue weighted by Crippen LogP contribution is -2.44. The van der Waals surface area contributed by atoms with Crippen molar-refractivity contribution in [1.82, 2.24) is 10.6 Å². The number of urea groups is 1. The lowest BCUT2D eigenvalue weighted by molar-refractivity contribution is -0.116. The number of amides is 3. The monoisotopic (exact) mass is 329 g/mol. The van der Waals surface area contributed by atoms with E-state index in [1.807, 2.05) is 31.2 Å². The van der Waals surface area contributed by atoms with Gasteiger partial charge in [-0.15, -0.1) is 0 Å². The van der Waals surface area contributed by atoms with Gasteiger partial charge in [-0.1, -0.05) is 19.1 Å². The van der Waals surface area contributed by atoms with E-state index in [0.29, 0.717) is 30.8 Å². The van der Waals surface area contributed by atoms with Gasteiger partial charge in [0.2, 0.25) is 5.91 Å². The number of rotatable bonds is 8. The minimum atomic E-state index is -0.0841. The molecule has 0 spiro atoms. The molecular formula is C19H27N3O2. The number of hydrogen-bond acceptors (Lipinski definition) is 2. The zero-order valence-corrected chi connectivity index (χ0v) is 14.3. The van der Waals surface area contributed by atoms with Crippen LogP contribution >= 0.6 is 0 Å². The Balaban J connectivity index is 1.47. The van der Waals surface area contributed by atoms with E-state index in [1.165, 1.54) is 25.7 Å². The van der Waals surface area contributed by atoms with Crippen LogP contribution in [-0.2, 0) is 11.3 Å². The molecule has 0 aromatic heterocycles. The van der Waals surface area contributed by atoms with Crippen LogP contribution in [0.2, 0.25) is 0 Å². The van der Waals surface area contributed by atoms with Gasteiger partial charge in [-0.3, -0.25) is 4.79 Å². The van der Waals surface area contributed by atoms with Gasteiger partial charge in [0.05, 0.1) is 0 Å². The highest BCUT2D eigenvalue weighted by atomic mass is 16.2. The second-order valence-electron chi connectivity index (χ2n) is 7.03. The number of benzene rings is 1. The van der Waals surface area contributed by atoms with Gasteiger partial charge in [-0.05, 0) is 61.6 Å². The maximum Gasteiger partial charge on any atom is 0.315 e. The highest BCUT2D eigenvalue weighted by Crippen LogP contribution is 2.44. The van der Waals surface area contributed by atoms with Crippen LogP contribution in [0.4, 0.5) is 10.5 Å². The highest BCUT2D eigenvalue weighted by Gasteiger charge is 2.42. The van der Waals surface area contributed by atoms with Crippen LogP contribution in [0.1, 0.15) is 51.0 Å². The van der Waals surface area contributed by atoms with Crippen LogP contribution in [0, 0.1) is 11.8 Å². The first-order valence-electron chi connectivity index (χ1n) is 9.09. The summed E-state index contributed by atoms with van der Waals surface area (Å²) in [5.41, 5.74) is 1.76. The van der Waals surface area contributed by atoms with Gasteiger partial charge in [-0.25, -0.2) is 4.79 Å². The van der Waals surface area contributed by atoms with Crippen molar-refractivity contribution in [2.75, 3.05) is 5.32 Å². The Bertz CT molecular complexity index is 582. The van der Waals surface area contributed by atoms with Gasteiger partial charge in [0.1, 0.15) is 0 Å². The Labute approximate surface area is 143 Å². The Morgan fingerprint density at radius 1 is 1.17 bits per heavy atom. The molecule has 0 aliphatic heterocycles. The molecule has 2 aliphatic rings. The molecule has 2 saturated carbocycles. The molecule has 0 bridgehead atoms. The molecular weight excluding hydrogens is 302 g/mol. The smallest absolute Gasteiger partial charge is 0.315 e. The molecule has 5 heteroatoms. The van der Waals surface area contributed by atoms with Crippen molar-refractivity contribution in [2.24, 2.45) is 11.8 Å². The summed E-state index contributed by atoms with van der Waals surface area (Å²) in [6.07, 6.45) is 6.36. The predicted octanol–water partition coefficient (Wildman–Crippen LogP) is 3.41. The molecule has 1 aromatic carbocycles. The summed E-state index contributed by atoms with van der Waals surface area (Å²) in [4.78, 5) is 23.8. The molecule has 5 nitrogen and oxygen atoms in total. The van der Waals surface area contributed by atoms with Gasteiger partial charge in [0.25, 0.3) is 0 Å². The fourth-order valence-corrected chi connectivity index (χ4v) is 3.13. The molecule has 2 fully saturated rings. The average molecular weight is 329 g/mol. The topological polar surface area (TPSA) is 70.2 Å². The first-order valence-corrected chi connectivity index (χ1v) is 9.09. The third-order valence-electron chi connectivity index (χ3n) is 4.70. The fraction of sp³-hybridized carbons (Fsp3) is 0.579. The molecule has 24 heavy (non-hydrogen) atoms. The number of carbonyl (C=O) groups is 2. The molecule has 3 rings (SSSR count). The Morgan fingerprint density at radius 2 is 1.88 bits per heavy atom. The van der Waals surface area contributed by atoms with Gasteiger partial charge < -0.3 is 16.0 Å². The standard InChI is InChI=1S/C19H27N3O2/c1-2-4-17(23)21-16-6-3-5-13(11-16)12-20-19(24)22-18(14-7-8-14)15-9-10-15/h3,5-6,11,14-15,18H,2,4,7-10,12H2,1H3,(H,21,23)(H2,20,22,24). The molecule has 130 valence electrons. The molecule has 0 heterocycles. The van der Waals surface area contributed by atoms with Gasteiger partial charge in [0, 0.05) is 24.7 Å². The van der Waals surface area contributed by atoms with Crippen LogP contribution < -0.4 is 16.0 Å². The molecule has 3 N–H and O–H groups in total. The van der Waals surface area contributed by atoms with E-state index in [0.717, 1.165) is 17.7 Å². The zero-order valence-electron chi connectivity index (χ0n) is 14.3. The van der Waals surface area contributed by atoms with Crippen LogP contribution in [0.5, 0.6) is 0 Å². The summed E-state index contributed by atoms with van der Waals surface area (Å²) >= 11 is 0. The number of hydrogen-bond donors (Lipinski definition) is 3. The molecule has 2 aliphatic carbocycles. The van der Waals surface area contributed by atoms with Gasteiger partial charge >= 0.3 is 6.03 Å². The van der Waals surface area contributed by atoms with Crippen LogP contribution in [0.25, 0.3) is 0 Å². The number of anilines is 1. The van der Waals surface area contributed by atoms with Crippen molar-refractivity contribution in [2.45, 2.75) is 58.0 Å². The summed E-state index contributed by atoms with van der Waals surface area (Å²) in [5.74, 6) is 1.41. The molecule has 0 radical (unpaired) electrons. The SMILES string of the molecule is CCCC(=O)Nc1cccc(CNC(=O)NC(C2CC2)C2CC2)c1. The summed E-state index contributed by atoms with van der Waals surface area (Å²) < 4.78 is 0. The quantitative estimate of drug-likeness (QED) is 0.684. The van der Waals surface area contributed by atoms with E-state index in [4.69, 9.17) is 0 Å². The summed E-state index contributed by atoms with van der Waals surface area (Å²) in [5, 5.41) is 8.97. The normalized spacial score (nSPS) is 16.8. The van der Waals surface area contributed by atoms with Crippen molar-refractivity contribution in [1.29, 1.82) is 0 Å². The summed E-state index contributed by atoms with van der Waals surface area (Å²) in [7, 11) is 0. The minimum Gasteiger partial charge on any atom is -0.335 e.